The highest BCUT2D eigenvalue weighted by Crippen LogP contribution is 2.21. The van der Waals surface area contributed by atoms with E-state index < -0.39 is 23.3 Å². The lowest BCUT2D eigenvalue weighted by molar-refractivity contribution is 0.153. The first-order valence-corrected chi connectivity index (χ1v) is 10.0. The van der Waals surface area contributed by atoms with Crippen molar-refractivity contribution in [2.45, 2.75) is 26.6 Å². The summed E-state index contributed by atoms with van der Waals surface area (Å²) < 4.78 is 33.7. The molecule has 0 aliphatic carbocycles. The number of hydrogen-bond donors (Lipinski definition) is 1. The molecule has 1 aromatic carbocycles. The highest BCUT2D eigenvalue weighted by Gasteiger charge is 2.16. The third-order valence-electron chi connectivity index (χ3n) is 4.46. The van der Waals surface area contributed by atoms with Crippen LogP contribution in [0.25, 0.3) is 0 Å². The molecule has 3 aromatic rings. The number of ether oxygens (including phenoxy) is 1. The fourth-order valence-corrected chi connectivity index (χ4v) is 3.11. The molecule has 0 saturated heterocycles. The molecular weight excluding hydrogens is 492 g/mol. The first-order chi connectivity index (χ1) is 15.2. The van der Waals surface area contributed by atoms with Gasteiger partial charge in [-0.05, 0) is 35.0 Å². The van der Waals surface area contributed by atoms with Crippen molar-refractivity contribution in [1.29, 1.82) is 0 Å². The third kappa shape index (κ3) is 5.44. The maximum atomic E-state index is 13.8. The zero-order chi connectivity index (χ0) is 23.4. The number of aryl methyl sites for hydroxylation is 1. The zero-order valence-corrected chi connectivity index (χ0v) is 18.6. The van der Waals surface area contributed by atoms with Crippen LogP contribution >= 0.6 is 15.9 Å². The number of carbonyl (C=O) groups is 1. The molecule has 2 aromatic heterocycles. The highest BCUT2D eigenvalue weighted by molar-refractivity contribution is 9.10. The second-order valence-electron chi connectivity index (χ2n) is 6.83. The fraction of sp³-hybridized carbons (Fsp3) is 0.250. The SMILES string of the molecule is Cc1nc(OCc2ccc(F)cc2F)c(Br)c(=O)n1Cc1cnc(CN(C)C(=O)O)cn1. The van der Waals surface area contributed by atoms with E-state index in [0.717, 1.165) is 17.0 Å². The van der Waals surface area contributed by atoms with Crippen molar-refractivity contribution in [2.24, 2.45) is 0 Å². The van der Waals surface area contributed by atoms with Gasteiger partial charge in [0, 0.05) is 18.7 Å². The minimum absolute atomic E-state index is 0.0226. The molecule has 0 atom stereocenters. The smallest absolute Gasteiger partial charge is 0.407 e. The Morgan fingerprint density at radius 2 is 1.94 bits per heavy atom. The van der Waals surface area contributed by atoms with Crippen LogP contribution in [0.5, 0.6) is 5.88 Å². The number of halogens is 3. The quantitative estimate of drug-likeness (QED) is 0.520. The van der Waals surface area contributed by atoms with E-state index in [-0.39, 0.29) is 35.6 Å². The maximum Gasteiger partial charge on any atom is 0.407 e. The number of nitrogens with zero attached hydrogens (tertiary/aromatic N) is 5. The van der Waals surface area contributed by atoms with Gasteiger partial charge in [-0.3, -0.25) is 19.3 Å². The molecule has 0 fully saturated rings. The number of rotatable bonds is 7. The van der Waals surface area contributed by atoms with Crippen molar-refractivity contribution in [3.8, 4) is 5.88 Å². The first-order valence-electron chi connectivity index (χ1n) is 9.23. The van der Waals surface area contributed by atoms with Crippen LogP contribution in [0.3, 0.4) is 0 Å². The van der Waals surface area contributed by atoms with Crippen molar-refractivity contribution in [3.05, 3.63) is 79.8 Å². The van der Waals surface area contributed by atoms with Gasteiger partial charge in [-0.1, -0.05) is 0 Å². The molecule has 0 aliphatic heterocycles. The molecule has 2 heterocycles. The average Bonchev–Trinajstić information content (AvgIpc) is 2.75. The normalized spacial score (nSPS) is 10.8. The number of hydrogen-bond acceptors (Lipinski definition) is 6. The highest BCUT2D eigenvalue weighted by atomic mass is 79.9. The Hall–Kier alpha value is -3.41. The molecule has 0 aliphatic rings. The van der Waals surface area contributed by atoms with E-state index in [2.05, 4.69) is 30.9 Å². The van der Waals surface area contributed by atoms with E-state index in [9.17, 15) is 18.4 Å². The van der Waals surface area contributed by atoms with Crippen molar-refractivity contribution in [1.82, 2.24) is 24.4 Å². The monoisotopic (exact) mass is 509 g/mol. The van der Waals surface area contributed by atoms with Crippen LogP contribution in [0, 0.1) is 18.6 Å². The molecule has 0 saturated carbocycles. The number of carboxylic acid groups (broad SMARTS) is 1. The largest absolute Gasteiger partial charge is 0.472 e. The van der Waals surface area contributed by atoms with E-state index in [1.54, 1.807) is 6.92 Å². The van der Waals surface area contributed by atoms with Crippen LogP contribution in [-0.2, 0) is 19.7 Å². The van der Waals surface area contributed by atoms with E-state index in [0.29, 0.717) is 17.2 Å². The molecular formula is C20H18BrF2N5O4. The van der Waals surface area contributed by atoms with Crippen LogP contribution in [-0.4, -0.2) is 42.7 Å². The number of amides is 1. The summed E-state index contributed by atoms with van der Waals surface area (Å²) in [6.45, 7) is 1.52. The summed E-state index contributed by atoms with van der Waals surface area (Å²) in [5, 5.41) is 8.91. The third-order valence-corrected chi connectivity index (χ3v) is 5.14. The van der Waals surface area contributed by atoms with Gasteiger partial charge in [0.2, 0.25) is 5.88 Å². The summed E-state index contributed by atoms with van der Waals surface area (Å²) in [6.07, 6.45) is 1.80. The van der Waals surface area contributed by atoms with Gasteiger partial charge in [0.1, 0.15) is 28.5 Å². The van der Waals surface area contributed by atoms with Crippen molar-refractivity contribution >= 4 is 22.0 Å². The van der Waals surface area contributed by atoms with Gasteiger partial charge in [-0.15, -0.1) is 0 Å². The molecule has 9 nitrogen and oxygen atoms in total. The van der Waals surface area contributed by atoms with Gasteiger partial charge in [0.15, 0.2) is 0 Å². The Morgan fingerprint density at radius 3 is 2.56 bits per heavy atom. The number of aromatic nitrogens is 4. The standard InChI is InChI=1S/C20H18BrF2N5O4/c1-11-26-18(32-10-12-3-4-13(22)5-16(12)23)17(21)19(29)28(11)9-15-7-24-14(6-25-15)8-27(2)20(30)31/h3-7H,8-10H2,1-2H3,(H,30,31). The predicted molar refractivity (Wildman–Crippen MR) is 112 cm³/mol. The van der Waals surface area contributed by atoms with E-state index in [1.807, 2.05) is 0 Å². The van der Waals surface area contributed by atoms with Crippen LogP contribution in [0.15, 0.2) is 39.9 Å². The Labute approximate surface area is 189 Å². The number of benzene rings is 1. The van der Waals surface area contributed by atoms with Crippen molar-refractivity contribution < 1.29 is 23.4 Å². The lowest BCUT2D eigenvalue weighted by Gasteiger charge is -2.14. The van der Waals surface area contributed by atoms with Gasteiger partial charge < -0.3 is 14.7 Å². The average molecular weight is 510 g/mol. The molecule has 3 rings (SSSR count). The molecule has 0 unspecified atom stereocenters. The van der Waals surface area contributed by atoms with Crippen LogP contribution in [0.1, 0.15) is 22.8 Å². The molecule has 32 heavy (non-hydrogen) atoms. The summed E-state index contributed by atoms with van der Waals surface area (Å²) in [6, 6.07) is 3.11. The Morgan fingerprint density at radius 1 is 1.25 bits per heavy atom. The van der Waals surface area contributed by atoms with Gasteiger partial charge in [0.05, 0.1) is 36.9 Å². The van der Waals surface area contributed by atoms with E-state index >= 15 is 0 Å². The molecule has 0 spiro atoms. The molecule has 1 amide bonds. The summed E-state index contributed by atoms with van der Waals surface area (Å²) in [5.41, 5.74) is 0.598. The van der Waals surface area contributed by atoms with Gasteiger partial charge in [-0.2, -0.15) is 4.98 Å². The Kier molecular flexibility index (Phi) is 7.13. The lowest BCUT2D eigenvalue weighted by atomic mass is 10.2. The van der Waals surface area contributed by atoms with Crippen molar-refractivity contribution in [2.75, 3.05) is 7.05 Å². The van der Waals surface area contributed by atoms with Crippen LogP contribution in [0.2, 0.25) is 0 Å². The maximum absolute atomic E-state index is 13.8. The Balaban J connectivity index is 1.75. The minimum Gasteiger partial charge on any atom is -0.472 e. The minimum atomic E-state index is -1.08. The fourth-order valence-electron chi connectivity index (χ4n) is 2.70. The molecule has 0 radical (unpaired) electrons. The zero-order valence-electron chi connectivity index (χ0n) is 17.0. The van der Waals surface area contributed by atoms with Gasteiger partial charge in [0.25, 0.3) is 5.56 Å². The summed E-state index contributed by atoms with van der Waals surface area (Å²) >= 11 is 3.16. The molecule has 168 valence electrons. The summed E-state index contributed by atoms with van der Waals surface area (Å²) in [5.74, 6) is -1.16. The summed E-state index contributed by atoms with van der Waals surface area (Å²) in [4.78, 5) is 37.4. The van der Waals surface area contributed by atoms with E-state index in [1.165, 1.54) is 30.1 Å². The van der Waals surface area contributed by atoms with E-state index in [4.69, 9.17) is 9.84 Å². The van der Waals surface area contributed by atoms with Crippen LogP contribution in [0.4, 0.5) is 13.6 Å². The van der Waals surface area contributed by atoms with Gasteiger partial charge in [-0.25, -0.2) is 13.6 Å². The van der Waals surface area contributed by atoms with Crippen LogP contribution < -0.4 is 10.3 Å². The second-order valence-corrected chi connectivity index (χ2v) is 7.62. The predicted octanol–water partition coefficient (Wildman–Crippen LogP) is 3.12. The summed E-state index contributed by atoms with van der Waals surface area (Å²) in [7, 11) is 1.41. The second kappa shape index (κ2) is 9.81. The van der Waals surface area contributed by atoms with Gasteiger partial charge >= 0.3 is 6.09 Å². The first kappa shape index (κ1) is 23.3. The van der Waals surface area contributed by atoms with Crippen molar-refractivity contribution in [3.63, 3.8) is 0 Å². The molecule has 1 N–H and O–H groups in total. The Bertz CT molecular complexity index is 1200. The lowest BCUT2D eigenvalue weighted by Crippen LogP contribution is -2.26. The molecule has 0 bridgehead atoms. The topological polar surface area (TPSA) is 110 Å². The molecule has 12 heteroatoms.